The Labute approximate surface area is 89.3 Å². The third-order valence-corrected chi connectivity index (χ3v) is 2.68. The van der Waals surface area contributed by atoms with Gasteiger partial charge in [0.05, 0.1) is 25.9 Å². The molecule has 4 heteroatoms. The molecule has 0 saturated carbocycles. The first-order valence-electron chi connectivity index (χ1n) is 4.99. The normalized spacial score (nSPS) is 16.4. The zero-order valence-corrected chi connectivity index (χ0v) is 8.82. The van der Waals surface area contributed by atoms with Crippen LogP contribution < -0.4 is 11.3 Å². The molecular weight excluding hydrogens is 192 g/mol. The predicted molar refractivity (Wildman–Crippen MR) is 56.9 cm³/mol. The maximum absolute atomic E-state index is 5.47. The first-order valence-corrected chi connectivity index (χ1v) is 4.99. The summed E-state index contributed by atoms with van der Waals surface area (Å²) in [5, 5.41) is 0. The molecule has 0 fully saturated rings. The number of fused-ring (bicyclic) bond motifs is 1. The molecule has 0 amide bonds. The predicted octanol–water partition coefficient (Wildman–Crippen LogP) is 0.868. The summed E-state index contributed by atoms with van der Waals surface area (Å²) in [6.45, 7) is 1.99. The Bertz CT molecular complexity index is 341. The largest absolute Gasteiger partial charge is 0.383 e. The summed E-state index contributed by atoms with van der Waals surface area (Å²) in [6.07, 6.45) is 0. The lowest BCUT2D eigenvalue weighted by Gasteiger charge is -2.15. The van der Waals surface area contributed by atoms with E-state index in [1.807, 2.05) is 0 Å². The van der Waals surface area contributed by atoms with Crippen molar-refractivity contribution in [2.45, 2.75) is 19.3 Å². The smallest absolute Gasteiger partial charge is 0.0725 e. The molecule has 1 aliphatic rings. The number of methoxy groups -OCH3 is 1. The summed E-state index contributed by atoms with van der Waals surface area (Å²) in [5.74, 6) is 5.47. The minimum atomic E-state index is 0.0425. The number of nitrogens with one attached hydrogen (secondary N) is 1. The van der Waals surface area contributed by atoms with E-state index in [1.54, 1.807) is 7.11 Å². The molecule has 1 aromatic carbocycles. The fraction of sp³-hybridized carbons (Fsp3) is 0.455. The molecule has 1 aromatic rings. The van der Waals surface area contributed by atoms with E-state index in [4.69, 9.17) is 15.3 Å². The Morgan fingerprint density at radius 3 is 3.00 bits per heavy atom. The minimum absolute atomic E-state index is 0.0425. The van der Waals surface area contributed by atoms with Crippen molar-refractivity contribution in [3.05, 3.63) is 34.9 Å². The lowest BCUT2D eigenvalue weighted by molar-refractivity contribution is 0.134. The topological polar surface area (TPSA) is 56.5 Å². The molecule has 0 bridgehead atoms. The molecule has 2 rings (SSSR count). The molecule has 1 aliphatic heterocycles. The van der Waals surface area contributed by atoms with Gasteiger partial charge in [0, 0.05) is 7.11 Å². The minimum Gasteiger partial charge on any atom is -0.383 e. The van der Waals surface area contributed by atoms with Gasteiger partial charge >= 0.3 is 0 Å². The molecule has 0 radical (unpaired) electrons. The van der Waals surface area contributed by atoms with E-state index in [-0.39, 0.29) is 6.04 Å². The lowest BCUT2D eigenvalue weighted by atomic mass is 10.0. The lowest BCUT2D eigenvalue weighted by Crippen LogP contribution is -2.31. The van der Waals surface area contributed by atoms with Crippen molar-refractivity contribution in [2.75, 3.05) is 13.7 Å². The average Bonchev–Trinajstić information content (AvgIpc) is 2.72. The molecule has 1 unspecified atom stereocenters. The Hall–Kier alpha value is -0.940. The highest BCUT2D eigenvalue weighted by Crippen LogP contribution is 2.23. The highest BCUT2D eigenvalue weighted by molar-refractivity contribution is 5.34. The van der Waals surface area contributed by atoms with Gasteiger partial charge in [0.2, 0.25) is 0 Å². The SMILES string of the molecule is COCC(NN)c1ccc2c(c1)COC2. The standard InChI is InChI=1S/C11H16N2O2/c1-14-7-11(13-12)8-2-3-9-5-15-6-10(9)4-8/h2-4,11,13H,5-7,12H2,1H3. The second-order valence-corrected chi connectivity index (χ2v) is 3.70. The summed E-state index contributed by atoms with van der Waals surface area (Å²) < 4.78 is 10.5. The van der Waals surface area contributed by atoms with Crippen LogP contribution >= 0.6 is 0 Å². The van der Waals surface area contributed by atoms with E-state index in [0.717, 1.165) is 12.2 Å². The van der Waals surface area contributed by atoms with Crippen molar-refractivity contribution >= 4 is 0 Å². The highest BCUT2D eigenvalue weighted by Gasteiger charge is 2.15. The van der Waals surface area contributed by atoms with Gasteiger partial charge in [-0.25, -0.2) is 0 Å². The molecular formula is C11H16N2O2. The molecule has 0 aliphatic carbocycles. The van der Waals surface area contributed by atoms with Crippen LogP contribution in [0.2, 0.25) is 0 Å². The average molecular weight is 208 g/mol. The molecule has 82 valence electrons. The molecule has 1 heterocycles. The van der Waals surface area contributed by atoms with Gasteiger partial charge in [0.25, 0.3) is 0 Å². The second kappa shape index (κ2) is 4.72. The summed E-state index contributed by atoms with van der Waals surface area (Å²) in [6, 6.07) is 6.33. The fourth-order valence-electron chi connectivity index (χ4n) is 1.82. The Morgan fingerprint density at radius 2 is 2.27 bits per heavy atom. The third kappa shape index (κ3) is 2.18. The zero-order valence-electron chi connectivity index (χ0n) is 8.82. The Balaban J connectivity index is 2.20. The van der Waals surface area contributed by atoms with Crippen LogP contribution in [0.1, 0.15) is 22.7 Å². The van der Waals surface area contributed by atoms with Crippen LogP contribution in [0.15, 0.2) is 18.2 Å². The summed E-state index contributed by atoms with van der Waals surface area (Å²) in [4.78, 5) is 0. The number of rotatable bonds is 4. The maximum Gasteiger partial charge on any atom is 0.0725 e. The van der Waals surface area contributed by atoms with Gasteiger partial charge in [-0.2, -0.15) is 0 Å². The van der Waals surface area contributed by atoms with Crippen LogP contribution in [-0.2, 0) is 22.7 Å². The van der Waals surface area contributed by atoms with Crippen LogP contribution in [0.5, 0.6) is 0 Å². The first-order chi connectivity index (χ1) is 7.35. The Morgan fingerprint density at radius 1 is 1.47 bits per heavy atom. The van der Waals surface area contributed by atoms with E-state index in [9.17, 15) is 0 Å². The summed E-state index contributed by atoms with van der Waals surface area (Å²) >= 11 is 0. The maximum atomic E-state index is 5.47. The monoisotopic (exact) mass is 208 g/mol. The molecule has 0 spiro atoms. The van der Waals surface area contributed by atoms with Gasteiger partial charge < -0.3 is 9.47 Å². The van der Waals surface area contributed by atoms with Crippen LogP contribution in [0.4, 0.5) is 0 Å². The quantitative estimate of drug-likeness (QED) is 0.569. The van der Waals surface area contributed by atoms with Crippen molar-refractivity contribution < 1.29 is 9.47 Å². The molecule has 4 nitrogen and oxygen atoms in total. The van der Waals surface area contributed by atoms with Gasteiger partial charge in [0.15, 0.2) is 0 Å². The van der Waals surface area contributed by atoms with E-state index in [0.29, 0.717) is 13.2 Å². The van der Waals surface area contributed by atoms with E-state index in [1.165, 1.54) is 11.1 Å². The van der Waals surface area contributed by atoms with Gasteiger partial charge in [-0.15, -0.1) is 0 Å². The number of hydrogen-bond donors (Lipinski definition) is 2. The van der Waals surface area contributed by atoms with Crippen LogP contribution in [0.3, 0.4) is 0 Å². The number of hydrogen-bond acceptors (Lipinski definition) is 4. The van der Waals surface area contributed by atoms with Crippen LogP contribution in [-0.4, -0.2) is 13.7 Å². The third-order valence-electron chi connectivity index (χ3n) is 2.68. The summed E-state index contributed by atoms with van der Waals surface area (Å²) in [7, 11) is 1.67. The molecule has 15 heavy (non-hydrogen) atoms. The van der Waals surface area contributed by atoms with Crippen molar-refractivity contribution in [3.8, 4) is 0 Å². The van der Waals surface area contributed by atoms with E-state index < -0.39 is 0 Å². The van der Waals surface area contributed by atoms with Gasteiger partial charge in [-0.3, -0.25) is 11.3 Å². The van der Waals surface area contributed by atoms with Crippen molar-refractivity contribution in [3.63, 3.8) is 0 Å². The van der Waals surface area contributed by atoms with Gasteiger partial charge in [-0.1, -0.05) is 18.2 Å². The van der Waals surface area contributed by atoms with Crippen LogP contribution in [0, 0.1) is 0 Å². The second-order valence-electron chi connectivity index (χ2n) is 3.70. The van der Waals surface area contributed by atoms with Gasteiger partial charge in [0.1, 0.15) is 0 Å². The van der Waals surface area contributed by atoms with Crippen molar-refractivity contribution in [2.24, 2.45) is 5.84 Å². The zero-order chi connectivity index (χ0) is 10.7. The molecule has 1 atom stereocenters. The van der Waals surface area contributed by atoms with Gasteiger partial charge in [-0.05, 0) is 16.7 Å². The molecule has 0 aromatic heterocycles. The van der Waals surface area contributed by atoms with Crippen LogP contribution in [0.25, 0.3) is 0 Å². The van der Waals surface area contributed by atoms with Crippen molar-refractivity contribution in [1.29, 1.82) is 0 Å². The van der Waals surface area contributed by atoms with E-state index in [2.05, 4.69) is 23.6 Å². The fourth-order valence-corrected chi connectivity index (χ4v) is 1.82. The first kappa shape index (κ1) is 10.6. The number of ether oxygens (including phenoxy) is 2. The molecule has 0 saturated heterocycles. The summed E-state index contributed by atoms with van der Waals surface area (Å²) in [5.41, 5.74) is 6.41. The van der Waals surface area contributed by atoms with E-state index >= 15 is 0 Å². The Kier molecular flexibility index (Phi) is 3.33. The molecule has 3 N–H and O–H groups in total. The number of benzene rings is 1. The number of hydrazine groups is 1. The number of nitrogens with two attached hydrogens (primary N) is 1. The highest BCUT2D eigenvalue weighted by atomic mass is 16.5. The van der Waals surface area contributed by atoms with Crippen molar-refractivity contribution in [1.82, 2.24) is 5.43 Å².